The van der Waals surface area contributed by atoms with Gasteiger partial charge in [-0.05, 0) is 32.9 Å². The van der Waals surface area contributed by atoms with Crippen LogP contribution in [0.5, 0.6) is 0 Å². The van der Waals surface area contributed by atoms with Gasteiger partial charge in [0.2, 0.25) is 0 Å². The lowest BCUT2D eigenvalue weighted by Gasteiger charge is -2.33. The minimum Gasteiger partial charge on any atom is -0.480 e. The van der Waals surface area contributed by atoms with Gasteiger partial charge in [-0.2, -0.15) is 0 Å². The average molecular weight is 244 g/mol. The molecule has 5 heteroatoms. The number of carboxylic acid groups (broad SMARTS) is 1. The lowest BCUT2D eigenvalue weighted by molar-refractivity contribution is -0.140. The lowest BCUT2D eigenvalue weighted by atomic mass is 10.1. The quantitative estimate of drug-likeness (QED) is 0.685. The first-order valence-electron chi connectivity index (χ1n) is 6.41. The highest BCUT2D eigenvalue weighted by molar-refractivity contribution is 5.73. The summed E-state index contributed by atoms with van der Waals surface area (Å²) in [5, 5.41) is 11.8. The van der Waals surface area contributed by atoms with Crippen molar-refractivity contribution in [2.45, 2.75) is 38.3 Å². The highest BCUT2D eigenvalue weighted by Gasteiger charge is 2.24. The Morgan fingerprint density at radius 2 is 2.41 bits per heavy atom. The molecule has 5 nitrogen and oxygen atoms in total. The molecule has 2 unspecified atom stereocenters. The Labute approximate surface area is 103 Å². The van der Waals surface area contributed by atoms with Crippen molar-refractivity contribution in [3.8, 4) is 0 Å². The summed E-state index contributed by atoms with van der Waals surface area (Å²) in [4.78, 5) is 13.1. The van der Waals surface area contributed by atoms with Gasteiger partial charge in [-0.1, -0.05) is 6.92 Å². The number of hydrogen-bond donors (Lipinski definition) is 2. The molecule has 17 heavy (non-hydrogen) atoms. The second-order valence-corrected chi connectivity index (χ2v) is 4.57. The zero-order chi connectivity index (χ0) is 12.7. The fourth-order valence-corrected chi connectivity index (χ4v) is 2.15. The van der Waals surface area contributed by atoms with Crippen LogP contribution in [0.2, 0.25) is 0 Å². The van der Waals surface area contributed by atoms with E-state index in [1.165, 1.54) is 0 Å². The number of carboxylic acids is 1. The van der Waals surface area contributed by atoms with E-state index in [0.29, 0.717) is 6.54 Å². The fourth-order valence-electron chi connectivity index (χ4n) is 2.15. The van der Waals surface area contributed by atoms with E-state index in [2.05, 4.69) is 17.1 Å². The van der Waals surface area contributed by atoms with Crippen LogP contribution in [0.1, 0.15) is 26.2 Å². The molecule has 2 N–H and O–H groups in total. The molecular formula is C12H24N2O3. The van der Waals surface area contributed by atoms with Gasteiger partial charge in [0.15, 0.2) is 0 Å². The van der Waals surface area contributed by atoms with Gasteiger partial charge in [-0.3, -0.25) is 9.69 Å². The molecule has 100 valence electrons. The van der Waals surface area contributed by atoms with Gasteiger partial charge in [0.25, 0.3) is 0 Å². The van der Waals surface area contributed by atoms with Crippen molar-refractivity contribution in [1.29, 1.82) is 0 Å². The van der Waals surface area contributed by atoms with E-state index in [1.807, 2.05) is 0 Å². The number of carbonyl (C=O) groups is 1. The van der Waals surface area contributed by atoms with Gasteiger partial charge in [0, 0.05) is 19.7 Å². The third-order valence-corrected chi connectivity index (χ3v) is 3.11. The maximum atomic E-state index is 10.9. The summed E-state index contributed by atoms with van der Waals surface area (Å²) >= 11 is 0. The van der Waals surface area contributed by atoms with Crippen LogP contribution in [0.15, 0.2) is 0 Å². The summed E-state index contributed by atoms with van der Waals surface area (Å²) in [6.45, 7) is 5.27. The van der Waals surface area contributed by atoms with Gasteiger partial charge < -0.3 is 15.2 Å². The molecular weight excluding hydrogens is 220 g/mol. The summed E-state index contributed by atoms with van der Waals surface area (Å²) in [6.07, 6.45) is 3.48. The smallest absolute Gasteiger partial charge is 0.322 e. The number of nitrogens with one attached hydrogen (secondary N) is 1. The molecule has 0 radical (unpaired) electrons. The third-order valence-electron chi connectivity index (χ3n) is 3.11. The third kappa shape index (κ3) is 5.02. The van der Waals surface area contributed by atoms with Crippen molar-refractivity contribution < 1.29 is 14.6 Å². The van der Waals surface area contributed by atoms with Crippen molar-refractivity contribution in [2.24, 2.45) is 0 Å². The molecule has 1 aliphatic rings. The molecule has 1 heterocycles. The first-order valence-corrected chi connectivity index (χ1v) is 6.41. The number of piperidine rings is 1. The maximum Gasteiger partial charge on any atom is 0.322 e. The summed E-state index contributed by atoms with van der Waals surface area (Å²) in [6, 6.07) is -0.486. The van der Waals surface area contributed by atoms with Crippen LogP contribution in [0.3, 0.4) is 0 Å². The first-order chi connectivity index (χ1) is 8.17. The van der Waals surface area contributed by atoms with Crippen molar-refractivity contribution >= 4 is 5.97 Å². The summed E-state index contributed by atoms with van der Waals surface area (Å²) in [5.41, 5.74) is 0. The molecule has 0 spiro atoms. The number of hydrogen-bond acceptors (Lipinski definition) is 4. The molecule has 0 aromatic rings. The van der Waals surface area contributed by atoms with Gasteiger partial charge >= 0.3 is 5.97 Å². The number of nitrogens with zero attached hydrogens (tertiary/aromatic N) is 1. The molecule has 1 aliphatic heterocycles. The van der Waals surface area contributed by atoms with Crippen LogP contribution < -0.4 is 5.32 Å². The standard InChI is InChI=1S/C12H24N2O3/c1-3-7-17-10-5-4-6-14(8-10)9-11(13-2)12(15)16/h10-11,13H,3-9H2,1-2H3,(H,15,16). The molecule has 0 saturated carbocycles. The average Bonchev–Trinajstić information content (AvgIpc) is 2.33. The molecule has 1 saturated heterocycles. The lowest BCUT2D eigenvalue weighted by Crippen LogP contribution is -2.49. The number of likely N-dealkylation sites (N-methyl/N-ethyl adjacent to an activating group) is 1. The highest BCUT2D eigenvalue weighted by atomic mass is 16.5. The monoisotopic (exact) mass is 244 g/mol. The van der Waals surface area contributed by atoms with E-state index in [0.717, 1.165) is 39.0 Å². The minimum absolute atomic E-state index is 0.273. The van der Waals surface area contributed by atoms with E-state index in [4.69, 9.17) is 9.84 Å². The SMILES string of the molecule is CCCOC1CCCN(CC(NC)C(=O)O)C1. The molecule has 1 rings (SSSR count). The molecule has 0 amide bonds. The molecule has 0 bridgehead atoms. The van der Waals surface area contributed by atoms with Crippen LogP contribution in [0, 0.1) is 0 Å². The number of likely N-dealkylation sites (tertiary alicyclic amines) is 1. The van der Waals surface area contributed by atoms with Gasteiger partial charge in [-0.25, -0.2) is 0 Å². The minimum atomic E-state index is -0.788. The van der Waals surface area contributed by atoms with Crippen LogP contribution in [0.4, 0.5) is 0 Å². The summed E-state index contributed by atoms with van der Waals surface area (Å²) < 4.78 is 5.73. The van der Waals surface area contributed by atoms with E-state index < -0.39 is 12.0 Å². The van der Waals surface area contributed by atoms with Crippen molar-refractivity contribution in [2.75, 3.05) is 33.3 Å². The Hall–Kier alpha value is -0.650. The second kappa shape index (κ2) is 7.63. The predicted octanol–water partition coefficient (Wildman–Crippen LogP) is 0.550. The maximum absolute atomic E-state index is 10.9. The molecule has 0 aromatic heterocycles. The van der Waals surface area contributed by atoms with E-state index in [1.54, 1.807) is 7.05 Å². The van der Waals surface area contributed by atoms with Gasteiger partial charge in [0.05, 0.1) is 6.10 Å². The Balaban J connectivity index is 2.35. The molecule has 1 fully saturated rings. The second-order valence-electron chi connectivity index (χ2n) is 4.57. The van der Waals surface area contributed by atoms with E-state index in [-0.39, 0.29) is 6.10 Å². The van der Waals surface area contributed by atoms with Gasteiger partial charge in [-0.15, -0.1) is 0 Å². The largest absolute Gasteiger partial charge is 0.480 e. The first kappa shape index (κ1) is 14.4. The van der Waals surface area contributed by atoms with Crippen LogP contribution in [0.25, 0.3) is 0 Å². The molecule has 0 aromatic carbocycles. The van der Waals surface area contributed by atoms with Crippen LogP contribution in [-0.4, -0.2) is 61.4 Å². The van der Waals surface area contributed by atoms with Crippen molar-refractivity contribution in [1.82, 2.24) is 10.2 Å². The summed E-state index contributed by atoms with van der Waals surface area (Å²) in [5.74, 6) is -0.788. The zero-order valence-corrected chi connectivity index (χ0v) is 10.8. The summed E-state index contributed by atoms with van der Waals surface area (Å²) in [7, 11) is 1.69. The number of ether oxygens (including phenoxy) is 1. The Morgan fingerprint density at radius 3 is 3.00 bits per heavy atom. The zero-order valence-electron chi connectivity index (χ0n) is 10.8. The molecule has 2 atom stereocenters. The van der Waals surface area contributed by atoms with Gasteiger partial charge in [0.1, 0.15) is 6.04 Å². The van der Waals surface area contributed by atoms with Crippen molar-refractivity contribution in [3.63, 3.8) is 0 Å². The Morgan fingerprint density at radius 1 is 1.65 bits per heavy atom. The molecule has 0 aliphatic carbocycles. The van der Waals surface area contributed by atoms with Crippen molar-refractivity contribution in [3.05, 3.63) is 0 Å². The van der Waals surface area contributed by atoms with Crippen LogP contribution in [-0.2, 0) is 9.53 Å². The topological polar surface area (TPSA) is 61.8 Å². The predicted molar refractivity (Wildman–Crippen MR) is 66.2 cm³/mol. The van der Waals surface area contributed by atoms with Crippen LogP contribution >= 0.6 is 0 Å². The normalized spacial score (nSPS) is 23.5. The number of rotatable bonds is 7. The highest BCUT2D eigenvalue weighted by Crippen LogP contribution is 2.13. The Kier molecular flexibility index (Phi) is 6.47. The van der Waals surface area contributed by atoms with E-state index in [9.17, 15) is 4.79 Å². The fraction of sp³-hybridized carbons (Fsp3) is 0.917. The number of aliphatic carboxylic acids is 1. The van der Waals surface area contributed by atoms with E-state index >= 15 is 0 Å². The Bertz CT molecular complexity index is 236.